The summed E-state index contributed by atoms with van der Waals surface area (Å²) in [4.78, 5) is 2.14. The van der Waals surface area contributed by atoms with Gasteiger partial charge in [0.25, 0.3) is 0 Å². The monoisotopic (exact) mass is 251 g/mol. The molecule has 1 aromatic rings. The molecule has 0 aromatic heterocycles. The van der Waals surface area contributed by atoms with Crippen molar-refractivity contribution >= 4 is 0 Å². The molecule has 1 unspecified atom stereocenters. The molecule has 0 spiro atoms. The van der Waals surface area contributed by atoms with E-state index in [2.05, 4.69) is 11.8 Å². The summed E-state index contributed by atoms with van der Waals surface area (Å²) < 4.78 is 5.58. The molecular formula is C15H25NO2. The van der Waals surface area contributed by atoms with Crippen molar-refractivity contribution in [2.24, 2.45) is 0 Å². The zero-order valence-corrected chi connectivity index (χ0v) is 11.9. The molecule has 0 saturated carbocycles. The average molecular weight is 251 g/mol. The molecule has 0 heterocycles. The highest BCUT2D eigenvalue weighted by Crippen LogP contribution is 2.19. The highest BCUT2D eigenvalue weighted by Gasteiger charge is 2.10. The molecule has 0 radical (unpaired) electrons. The summed E-state index contributed by atoms with van der Waals surface area (Å²) in [6.07, 6.45) is 0.843. The summed E-state index contributed by atoms with van der Waals surface area (Å²) in [5, 5.41) is 10.1. The third-order valence-corrected chi connectivity index (χ3v) is 2.73. The molecule has 102 valence electrons. The van der Waals surface area contributed by atoms with E-state index in [0.29, 0.717) is 6.54 Å². The molecular weight excluding hydrogens is 226 g/mol. The maximum absolute atomic E-state index is 10.1. The smallest absolute Gasteiger partial charge is 0.119 e. The molecule has 0 aliphatic carbocycles. The number of aliphatic hydroxyl groups is 1. The fourth-order valence-electron chi connectivity index (χ4n) is 1.91. The third kappa shape index (κ3) is 5.07. The van der Waals surface area contributed by atoms with Crippen molar-refractivity contribution < 1.29 is 9.84 Å². The first-order valence-corrected chi connectivity index (χ1v) is 6.66. The fourth-order valence-corrected chi connectivity index (χ4v) is 1.91. The Bertz CT molecular complexity index is 335. The molecule has 1 N–H and O–H groups in total. The van der Waals surface area contributed by atoms with Gasteiger partial charge in [-0.2, -0.15) is 0 Å². The quantitative estimate of drug-likeness (QED) is 0.809. The van der Waals surface area contributed by atoms with Gasteiger partial charge in [0, 0.05) is 6.54 Å². The minimum atomic E-state index is -0.436. The average Bonchev–Trinajstić information content (AvgIpc) is 2.29. The molecule has 3 heteroatoms. The van der Waals surface area contributed by atoms with Crippen LogP contribution in [0.3, 0.4) is 0 Å². The normalized spacial score (nSPS) is 13.1. The number of hydrogen-bond donors (Lipinski definition) is 1. The van der Waals surface area contributed by atoms with Gasteiger partial charge in [-0.05, 0) is 51.6 Å². The summed E-state index contributed by atoms with van der Waals surface area (Å²) in [5.74, 6) is 0.850. The van der Waals surface area contributed by atoms with Crippen LogP contribution in [0.15, 0.2) is 24.3 Å². The summed E-state index contributed by atoms with van der Waals surface area (Å²) in [7, 11) is 2.03. The van der Waals surface area contributed by atoms with E-state index in [1.807, 2.05) is 45.2 Å². The van der Waals surface area contributed by atoms with Gasteiger partial charge in [-0.25, -0.2) is 0 Å². The van der Waals surface area contributed by atoms with E-state index in [1.165, 1.54) is 0 Å². The van der Waals surface area contributed by atoms with Crippen LogP contribution in [-0.2, 0) is 0 Å². The Labute approximate surface area is 110 Å². The van der Waals surface area contributed by atoms with Crippen LogP contribution in [0.4, 0.5) is 0 Å². The number of likely N-dealkylation sites (N-methyl/N-ethyl adjacent to an activating group) is 1. The summed E-state index contributed by atoms with van der Waals surface area (Å²) >= 11 is 0. The Morgan fingerprint density at radius 2 is 1.83 bits per heavy atom. The number of nitrogens with zero attached hydrogens (tertiary/aromatic N) is 1. The van der Waals surface area contributed by atoms with Crippen molar-refractivity contribution in [2.75, 3.05) is 20.1 Å². The van der Waals surface area contributed by atoms with Gasteiger partial charge in [0.2, 0.25) is 0 Å². The van der Waals surface area contributed by atoms with Crippen molar-refractivity contribution in [3.05, 3.63) is 29.8 Å². The van der Waals surface area contributed by atoms with Crippen molar-refractivity contribution in [3.63, 3.8) is 0 Å². The highest BCUT2D eigenvalue weighted by molar-refractivity contribution is 5.28. The van der Waals surface area contributed by atoms with E-state index in [4.69, 9.17) is 4.74 Å². The first-order chi connectivity index (χ1) is 8.52. The lowest BCUT2D eigenvalue weighted by Gasteiger charge is -2.20. The van der Waals surface area contributed by atoms with Crippen LogP contribution < -0.4 is 4.74 Å². The van der Waals surface area contributed by atoms with Crippen molar-refractivity contribution in [2.45, 2.75) is 39.4 Å². The van der Waals surface area contributed by atoms with E-state index >= 15 is 0 Å². The van der Waals surface area contributed by atoms with E-state index < -0.39 is 6.10 Å². The van der Waals surface area contributed by atoms with Gasteiger partial charge in [0.1, 0.15) is 5.75 Å². The standard InChI is InChI=1S/C15H25NO2/c1-5-10-16(4)11-15(17)13-6-8-14(9-7-13)18-12(2)3/h6-9,12,15,17H,5,10-11H2,1-4H3. The largest absolute Gasteiger partial charge is 0.491 e. The molecule has 1 rings (SSSR count). The minimum Gasteiger partial charge on any atom is -0.491 e. The second-order valence-corrected chi connectivity index (χ2v) is 5.01. The summed E-state index contributed by atoms with van der Waals surface area (Å²) in [6, 6.07) is 7.70. The van der Waals surface area contributed by atoms with Gasteiger partial charge in [0.15, 0.2) is 0 Å². The van der Waals surface area contributed by atoms with E-state index in [0.717, 1.165) is 24.3 Å². The molecule has 0 fully saturated rings. The molecule has 0 saturated heterocycles. The van der Waals surface area contributed by atoms with Gasteiger partial charge in [-0.1, -0.05) is 19.1 Å². The molecule has 0 aliphatic heterocycles. The molecule has 1 aromatic carbocycles. The van der Waals surface area contributed by atoms with Gasteiger partial charge < -0.3 is 14.7 Å². The van der Waals surface area contributed by atoms with Gasteiger partial charge in [0.05, 0.1) is 12.2 Å². The van der Waals surface area contributed by atoms with Crippen molar-refractivity contribution in [3.8, 4) is 5.75 Å². The molecule has 1 atom stereocenters. The van der Waals surface area contributed by atoms with E-state index in [9.17, 15) is 5.11 Å². The van der Waals surface area contributed by atoms with Crippen LogP contribution in [0, 0.1) is 0 Å². The van der Waals surface area contributed by atoms with Crippen molar-refractivity contribution in [1.82, 2.24) is 4.90 Å². The number of aliphatic hydroxyl groups excluding tert-OH is 1. The zero-order chi connectivity index (χ0) is 13.5. The Morgan fingerprint density at radius 1 is 1.22 bits per heavy atom. The predicted molar refractivity (Wildman–Crippen MR) is 75.0 cm³/mol. The first kappa shape index (κ1) is 15.0. The number of ether oxygens (including phenoxy) is 1. The Morgan fingerprint density at radius 3 is 2.33 bits per heavy atom. The van der Waals surface area contributed by atoms with Gasteiger partial charge >= 0.3 is 0 Å². The first-order valence-electron chi connectivity index (χ1n) is 6.66. The summed E-state index contributed by atoms with van der Waals surface area (Å²) in [5.41, 5.74) is 0.939. The second kappa shape index (κ2) is 7.39. The summed E-state index contributed by atoms with van der Waals surface area (Å²) in [6.45, 7) is 7.82. The van der Waals surface area contributed by atoms with Gasteiger partial charge in [-0.3, -0.25) is 0 Å². The zero-order valence-electron chi connectivity index (χ0n) is 11.9. The minimum absolute atomic E-state index is 0.177. The maximum Gasteiger partial charge on any atom is 0.119 e. The molecule has 3 nitrogen and oxygen atoms in total. The SMILES string of the molecule is CCCN(C)CC(O)c1ccc(OC(C)C)cc1. The van der Waals surface area contributed by atoms with E-state index in [1.54, 1.807) is 0 Å². The van der Waals surface area contributed by atoms with E-state index in [-0.39, 0.29) is 6.10 Å². The lowest BCUT2D eigenvalue weighted by Crippen LogP contribution is -2.25. The Hall–Kier alpha value is -1.06. The Balaban J connectivity index is 2.55. The number of benzene rings is 1. The second-order valence-electron chi connectivity index (χ2n) is 5.01. The fraction of sp³-hybridized carbons (Fsp3) is 0.600. The van der Waals surface area contributed by atoms with Crippen LogP contribution in [0.25, 0.3) is 0 Å². The molecule has 0 bridgehead atoms. The maximum atomic E-state index is 10.1. The lowest BCUT2D eigenvalue weighted by molar-refractivity contribution is 0.127. The van der Waals surface area contributed by atoms with Crippen LogP contribution in [0.5, 0.6) is 5.75 Å². The topological polar surface area (TPSA) is 32.7 Å². The third-order valence-electron chi connectivity index (χ3n) is 2.73. The molecule has 18 heavy (non-hydrogen) atoms. The number of hydrogen-bond acceptors (Lipinski definition) is 3. The lowest BCUT2D eigenvalue weighted by atomic mass is 10.1. The number of rotatable bonds is 7. The van der Waals surface area contributed by atoms with Crippen LogP contribution in [-0.4, -0.2) is 36.2 Å². The predicted octanol–water partition coefficient (Wildman–Crippen LogP) is 2.85. The van der Waals surface area contributed by atoms with Crippen LogP contribution >= 0.6 is 0 Å². The van der Waals surface area contributed by atoms with Crippen molar-refractivity contribution in [1.29, 1.82) is 0 Å². The highest BCUT2D eigenvalue weighted by atomic mass is 16.5. The van der Waals surface area contributed by atoms with Crippen LogP contribution in [0.2, 0.25) is 0 Å². The molecule has 0 amide bonds. The Kier molecular flexibility index (Phi) is 6.16. The van der Waals surface area contributed by atoms with Crippen LogP contribution in [0.1, 0.15) is 38.9 Å². The molecule has 0 aliphatic rings. The van der Waals surface area contributed by atoms with Gasteiger partial charge in [-0.15, -0.1) is 0 Å².